The number of rotatable bonds is 8. The van der Waals surface area contributed by atoms with Gasteiger partial charge in [0.25, 0.3) is 10.1 Å². The van der Waals surface area contributed by atoms with Crippen molar-refractivity contribution >= 4 is 18.4 Å². The Bertz CT molecular complexity index is 748. The van der Waals surface area contributed by atoms with E-state index in [0.29, 0.717) is 12.8 Å². The van der Waals surface area contributed by atoms with E-state index < -0.39 is 36.8 Å². The van der Waals surface area contributed by atoms with E-state index in [4.69, 9.17) is 13.3 Å². The summed E-state index contributed by atoms with van der Waals surface area (Å²) in [5.41, 5.74) is 1.02. The average molecular weight is 447 g/mol. The molecule has 1 aromatic carbocycles. The van der Waals surface area contributed by atoms with Gasteiger partial charge in [-0.3, -0.25) is 4.18 Å². The van der Waals surface area contributed by atoms with E-state index in [0.717, 1.165) is 11.8 Å². The third-order valence-corrected chi connectivity index (χ3v) is 11.0. The first-order valence-corrected chi connectivity index (χ1v) is 14.9. The largest absolute Gasteiger partial charge is 0.408 e. The molecule has 0 N–H and O–H groups in total. The third kappa shape index (κ3) is 7.43. The Morgan fingerprint density at radius 2 is 1.79 bits per heavy atom. The molecule has 1 saturated carbocycles. The smallest absolute Gasteiger partial charge is 0.264 e. The van der Waals surface area contributed by atoms with E-state index in [1.165, 1.54) is 0 Å². The second kappa shape index (κ2) is 9.56. The molecule has 0 bridgehead atoms. The van der Waals surface area contributed by atoms with Gasteiger partial charge in [0.15, 0.2) is 8.32 Å². The summed E-state index contributed by atoms with van der Waals surface area (Å²) < 4.78 is 54.7. The van der Waals surface area contributed by atoms with Crippen LogP contribution in [-0.2, 0) is 23.5 Å². The Hall–Kier alpha value is -0.803. The normalized spacial score (nSPS) is 25.0. The number of hydrogen-bond donors (Lipinski definition) is 0. The number of hydrogen-bond acceptors (Lipinski definition) is 5. The molecule has 0 aromatic heterocycles. The van der Waals surface area contributed by atoms with Gasteiger partial charge in [0.05, 0.1) is 31.2 Å². The van der Waals surface area contributed by atoms with Crippen molar-refractivity contribution in [1.82, 2.24) is 0 Å². The van der Waals surface area contributed by atoms with Gasteiger partial charge in [-0.1, -0.05) is 51.1 Å². The highest BCUT2D eigenvalue weighted by Gasteiger charge is 2.40. The van der Waals surface area contributed by atoms with Gasteiger partial charge in [-0.05, 0) is 36.5 Å². The predicted molar refractivity (Wildman–Crippen MR) is 116 cm³/mol. The minimum absolute atomic E-state index is 0.0246. The van der Waals surface area contributed by atoms with E-state index in [-0.39, 0.29) is 24.2 Å². The minimum atomic E-state index is -3.58. The molecule has 1 aliphatic rings. The third-order valence-electron chi connectivity index (χ3n) is 5.85. The summed E-state index contributed by atoms with van der Waals surface area (Å²) in [6, 6.07) is 9.89. The van der Waals surface area contributed by atoms with Crippen molar-refractivity contribution in [1.29, 1.82) is 0 Å². The van der Waals surface area contributed by atoms with Gasteiger partial charge >= 0.3 is 0 Å². The molecule has 8 heteroatoms. The first-order chi connectivity index (χ1) is 13.3. The van der Waals surface area contributed by atoms with Gasteiger partial charge in [-0.2, -0.15) is 8.42 Å². The maximum atomic E-state index is 14.6. The fraction of sp³-hybridized carbons (Fsp3) is 0.714. The summed E-state index contributed by atoms with van der Waals surface area (Å²) in [5, 5.41) is 0.0453. The lowest BCUT2D eigenvalue weighted by atomic mass is 9.93. The molecule has 2 rings (SSSR count). The standard InChI is InChI=1S/C21H35FO5SSi/c1-21(2,3)29(5,6)27-20(16-10-8-7-9-11-16)15-25-19-13-12-17(14-18(19)22)26-28(4,23)24/h7-11,17-20H,12-15H2,1-6H3. The van der Waals surface area contributed by atoms with Crippen molar-refractivity contribution in [2.24, 2.45) is 0 Å². The molecule has 1 aromatic rings. The molecule has 0 amide bonds. The molecule has 166 valence electrons. The van der Waals surface area contributed by atoms with Crippen LogP contribution in [0.4, 0.5) is 4.39 Å². The topological polar surface area (TPSA) is 61.8 Å². The highest BCUT2D eigenvalue weighted by atomic mass is 32.2. The highest BCUT2D eigenvalue weighted by Crippen LogP contribution is 2.40. The van der Waals surface area contributed by atoms with Crippen molar-refractivity contribution < 1.29 is 26.2 Å². The van der Waals surface area contributed by atoms with Crippen LogP contribution in [0, 0.1) is 0 Å². The van der Waals surface area contributed by atoms with E-state index in [1.54, 1.807) is 0 Å². The van der Waals surface area contributed by atoms with Gasteiger partial charge < -0.3 is 9.16 Å². The number of benzene rings is 1. The van der Waals surface area contributed by atoms with Gasteiger partial charge in [-0.25, -0.2) is 4.39 Å². The Morgan fingerprint density at radius 1 is 1.17 bits per heavy atom. The Morgan fingerprint density at radius 3 is 2.31 bits per heavy atom. The number of ether oxygens (including phenoxy) is 1. The molecule has 4 atom stereocenters. The predicted octanol–water partition coefficient (Wildman–Crippen LogP) is 5.00. The van der Waals surface area contributed by atoms with E-state index in [2.05, 4.69) is 33.9 Å². The lowest BCUT2D eigenvalue weighted by Crippen LogP contribution is -2.43. The van der Waals surface area contributed by atoms with E-state index >= 15 is 0 Å². The van der Waals surface area contributed by atoms with Crippen LogP contribution in [0.3, 0.4) is 0 Å². The van der Waals surface area contributed by atoms with Gasteiger partial charge in [0.1, 0.15) is 6.17 Å². The van der Waals surface area contributed by atoms with Gasteiger partial charge in [-0.15, -0.1) is 0 Å². The summed E-state index contributed by atoms with van der Waals surface area (Å²) in [4.78, 5) is 0. The molecule has 0 radical (unpaired) electrons. The zero-order valence-electron chi connectivity index (χ0n) is 18.4. The minimum Gasteiger partial charge on any atom is -0.408 e. The Balaban J connectivity index is 2.03. The molecular weight excluding hydrogens is 411 g/mol. The van der Waals surface area contributed by atoms with Gasteiger partial charge in [0.2, 0.25) is 0 Å². The van der Waals surface area contributed by atoms with Crippen molar-refractivity contribution in [3.63, 3.8) is 0 Å². The number of halogens is 1. The molecule has 0 aliphatic heterocycles. The molecule has 5 nitrogen and oxygen atoms in total. The first-order valence-electron chi connectivity index (χ1n) is 10.2. The molecule has 29 heavy (non-hydrogen) atoms. The Labute approximate surface area is 176 Å². The summed E-state index contributed by atoms with van der Waals surface area (Å²) in [7, 11) is -5.64. The van der Waals surface area contributed by atoms with Crippen LogP contribution in [0.2, 0.25) is 18.1 Å². The van der Waals surface area contributed by atoms with E-state index in [1.807, 2.05) is 30.3 Å². The van der Waals surface area contributed by atoms with Crippen LogP contribution in [0.15, 0.2) is 30.3 Å². The fourth-order valence-electron chi connectivity index (χ4n) is 3.18. The SMILES string of the molecule is CC(C)(C)[Si](C)(C)OC(COC1CCC(OS(C)(=O)=O)CC1F)c1ccccc1. The van der Waals surface area contributed by atoms with Crippen LogP contribution in [0.1, 0.15) is 51.7 Å². The summed E-state index contributed by atoms with van der Waals surface area (Å²) in [5.74, 6) is 0. The molecule has 0 spiro atoms. The summed E-state index contributed by atoms with van der Waals surface area (Å²) in [6.45, 7) is 11.2. The average Bonchev–Trinajstić information content (AvgIpc) is 2.58. The lowest BCUT2D eigenvalue weighted by Gasteiger charge is -2.40. The molecule has 0 saturated heterocycles. The maximum Gasteiger partial charge on any atom is 0.264 e. The quantitative estimate of drug-likeness (QED) is 0.415. The molecule has 1 fully saturated rings. The second-order valence-electron chi connectivity index (χ2n) is 9.40. The first kappa shape index (κ1) is 24.5. The fourth-order valence-corrected chi connectivity index (χ4v) is 5.12. The van der Waals surface area contributed by atoms with Crippen LogP contribution in [-0.4, -0.2) is 48.0 Å². The zero-order valence-corrected chi connectivity index (χ0v) is 20.2. The van der Waals surface area contributed by atoms with Crippen molar-refractivity contribution in [2.75, 3.05) is 12.9 Å². The van der Waals surface area contributed by atoms with Crippen LogP contribution >= 0.6 is 0 Å². The second-order valence-corrected chi connectivity index (χ2v) is 15.8. The van der Waals surface area contributed by atoms with Crippen molar-refractivity contribution in [3.8, 4) is 0 Å². The molecule has 4 unspecified atom stereocenters. The van der Waals surface area contributed by atoms with Crippen LogP contribution in [0.5, 0.6) is 0 Å². The highest BCUT2D eigenvalue weighted by molar-refractivity contribution is 7.86. The molecule has 0 heterocycles. The van der Waals surface area contributed by atoms with Gasteiger partial charge in [0, 0.05) is 6.42 Å². The molecular formula is C21H35FO5SSi. The summed E-state index contributed by atoms with van der Waals surface area (Å²) >= 11 is 0. The van der Waals surface area contributed by atoms with Crippen LogP contribution < -0.4 is 0 Å². The van der Waals surface area contributed by atoms with Crippen LogP contribution in [0.25, 0.3) is 0 Å². The van der Waals surface area contributed by atoms with E-state index in [9.17, 15) is 12.8 Å². The zero-order chi connectivity index (χ0) is 21.9. The Kier molecular flexibility index (Phi) is 8.06. The summed E-state index contributed by atoms with van der Waals surface area (Å²) in [6.07, 6.45) is -0.839. The van der Waals surface area contributed by atoms with Crippen molar-refractivity contribution in [3.05, 3.63) is 35.9 Å². The monoisotopic (exact) mass is 446 g/mol. The molecule has 1 aliphatic carbocycles. The van der Waals surface area contributed by atoms with Crippen molar-refractivity contribution in [2.45, 2.75) is 82.6 Å². The number of alkyl halides is 1. The lowest BCUT2D eigenvalue weighted by molar-refractivity contribution is -0.0721. The maximum absolute atomic E-state index is 14.6.